The van der Waals surface area contributed by atoms with Gasteiger partial charge in [0, 0.05) is 31.0 Å². The molecule has 0 amide bonds. The summed E-state index contributed by atoms with van der Waals surface area (Å²) in [6.45, 7) is 2.33. The topological polar surface area (TPSA) is 92.1 Å². The molecular formula is C14H20Cl2N4O2S. The lowest BCUT2D eigenvalue weighted by molar-refractivity contribution is 0.227. The molecule has 23 heavy (non-hydrogen) atoms. The molecule has 3 N–H and O–H groups in total. The van der Waals surface area contributed by atoms with Gasteiger partial charge in [-0.3, -0.25) is 0 Å². The van der Waals surface area contributed by atoms with Crippen LogP contribution in [-0.2, 0) is 10.0 Å². The Labute approximate surface area is 146 Å². The molecule has 0 aliphatic carbocycles. The highest BCUT2D eigenvalue weighted by Crippen LogP contribution is 2.33. The van der Waals surface area contributed by atoms with E-state index < -0.39 is 10.0 Å². The first-order valence-electron chi connectivity index (χ1n) is 7.32. The molecule has 1 saturated heterocycles. The van der Waals surface area contributed by atoms with Crippen molar-refractivity contribution in [2.45, 2.75) is 43.2 Å². The molecule has 3 heterocycles. The molecule has 2 aromatic rings. The van der Waals surface area contributed by atoms with Crippen molar-refractivity contribution in [1.82, 2.24) is 14.3 Å². The zero-order chi connectivity index (χ0) is 15.9. The minimum Gasteiger partial charge on any atom is -0.345 e. The first-order chi connectivity index (χ1) is 10.4. The Morgan fingerprint density at radius 2 is 2.22 bits per heavy atom. The van der Waals surface area contributed by atoms with E-state index in [1.54, 1.807) is 12.3 Å². The molecule has 3 rings (SSSR count). The van der Waals surface area contributed by atoms with Crippen molar-refractivity contribution in [3.63, 3.8) is 0 Å². The average Bonchev–Trinajstić information content (AvgIpc) is 2.93. The van der Waals surface area contributed by atoms with Gasteiger partial charge in [-0.05, 0) is 25.8 Å². The van der Waals surface area contributed by atoms with Crippen molar-refractivity contribution in [2.75, 3.05) is 6.54 Å². The molecule has 0 aromatic carbocycles. The van der Waals surface area contributed by atoms with Crippen LogP contribution in [0.5, 0.6) is 0 Å². The van der Waals surface area contributed by atoms with E-state index in [9.17, 15) is 8.42 Å². The number of pyridine rings is 1. The molecule has 6 nitrogen and oxygen atoms in total. The highest BCUT2D eigenvalue weighted by atomic mass is 35.5. The second-order valence-electron chi connectivity index (χ2n) is 5.71. The summed E-state index contributed by atoms with van der Waals surface area (Å²) in [4.78, 5) is 7.19. The fourth-order valence-electron chi connectivity index (χ4n) is 3.07. The zero-order valence-corrected chi connectivity index (χ0v) is 15.1. The molecule has 9 heteroatoms. The molecule has 0 spiro atoms. The minimum atomic E-state index is -3.66. The lowest BCUT2D eigenvalue weighted by Gasteiger charge is -2.36. The molecule has 0 bridgehead atoms. The molecule has 1 aliphatic rings. The van der Waals surface area contributed by atoms with Gasteiger partial charge in [-0.1, -0.05) is 18.0 Å². The minimum absolute atomic E-state index is 0. The number of fused-ring (bicyclic) bond motifs is 1. The fraction of sp³-hybridized carbons (Fsp3) is 0.500. The van der Waals surface area contributed by atoms with Crippen molar-refractivity contribution < 1.29 is 8.42 Å². The van der Waals surface area contributed by atoms with E-state index in [4.69, 9.17) is 17.3 Å². The van der Waals surface area contributed by atoms with Crippen molar-refractivity contribution >= 4 is 45.1 Å². The normalized spacial score (nSPS) is 21.1. The third-order valence-corrected chi connectivity index (χ3v) is 6.44. The van der Waals surface area contributed by atoms with Crippen LogP contribution in [0.25, 0.3) is 11.0 Å². The number of halogens is 2. The van der Waals surface area contributed by atoms with Crippen molar-refractivity contribution in [1.29, 1.82) is 0 Å². The number of nitrogens with one attached hydrogen (secondary N) is 1. The second kappa shape index (κ2) is 6.94. The molecular weight excluding hydrogens is 359 g/mol. The summed E-state index contributed by atoms with van der Waals surface area (Å²) in [5.74, 6) is 0. The summed E-state index contributed by atoms with van der Waals surface area (Å²) < 4.78 is 27.7. The summed E-state index contributed by atoms with van der Waals surface area (Å²) in [6, 6.07) is 1.20. The SMILES string of the molecule is CC(N)C1CCCCN1S(=O)(=O)c1c[nH]c2nccc(Cl)c12.Cl. The largest absolute Gasteiger partial charge is 0.345 e. The number of piperidine rings is 1. The zero-order valence-electron chi connectivity index (χ0n) is 12.7. The number of hydrogen-bond acceptors (Lipinski definition) is 4. The molecule has 2 aromatic heterocycles. The van der Waals surface area contributed by atoms with Gasteiger partial charge in [-0.25, -0.2) is 13.4 Å². The summed E-state index contributed by atoms with van der Waals surface area (Å²) in [5.41, 5.74) is 6.47. The predicted molar refractivity (Wildman–Crippen MR) is 93.5 cm³/mol. The molecule has 0 radical (unpaired) electrons. The van der Waals surface area contributed by atoms with Crippen LogP contribution in [0.1, 0.15) is 26.2 Å². The van der Waals surface area contributed by atoms with Gasteiger partial charge in [-0.2, -0.15) is 4.31 Å². The van der Waals surface area contributed by atoms with Crippen LogP contribution in [0.3, 0.4) is 0 Å². The lowest BCUT2D eigenvalue weighted by atomic mass is 10.00. The Kier molecular flexibility index (Phi) is 5.58. The second-order valence-corrected chi connectivity index (χ2v) is 7.97. The van der Waals surface area contributed by atoms with E-state index in [2.05, 4.69) is 9.97 Å². The first kappa shape index (κ1) is 18.5. The first-order valence-corrected chi connectivity index (χ1v) is 9.13. The van der Waals surface area contributed by atoms with Crippen molar-refractivity contribution in [2.24, 2.45) is 5.73 Å². The Hall–Kier alpha value is -0.860. The number of nitrogens with zero attached hydrogens (tertiary/aromatic N) is 2. The number of aromatic amines is 1. The Bertz CT molecular complexity index is 791. The molecule has 1 fully saturated rings. The van der Waals surface area contributed by atoms with Gasteiger partial charge in [0.05, 0.1) is 10.4 Å². The quantitative estimate of drug-likeness (QED) is 0.857. The maximum Gasteiger partial charge on any atom is 0.245 e. The van der Waals surface area contributed by atoms with Crippen LogP contribution in [0.15, 0.2) is 23.4 Å². The summed E-state index contributed by atoms with van der Waals surface area (Å²) in [6.07, 6.45) is 5.63. The molecule has 1 aliphatic heterocycles. The Morgan fingerprint density at radius 1 is 1.48 bits per heavy atom. The number of sulfonamides is 1. The van der Waals surface area contributed by atoms with E-state index in [-0.39, 0.29) is 29.4 Å². The summed E-state index contributed by atoms with van der Waals surface area (Å²) in [7, 11) is -3.66. The molecule has 2 unspecified atom stereocenters. The van der Waals surface area contributed by atoms with Crippen LogP contribution >= 0.6 is 24.0 Å². The predicted octanol–water partition coefficient (Wildman–Crippen LogP) is 2.53. The summed E-state index contributed by atoms with van der Waals surface area (Å²) in [5, 5.41) is 0.817. The maximum atomic E-state index is 13.1. The van der Waals surface area contributed by atoms with E-state index >= 15 is 0 Å². The monoisotopic (exact) mass is 378 g/mol. The molecule has 0 saturated carbocycles. The van der Waals surface area contributed by atoms with Gasteiger partial charge < -0.3 is 10.7 Å². The number of H-pyrrole nitrogens is 1. The standard InChI is InChI=1S/C14H19ClN4O2S.ClH/c1-9(16)11-4-2-3-7-19(11)22(20,21)12-8-18-14-13(12)10(15)5-6-17-14;/h5-6,8-9,11H,2-4,7,16H2,1H3,(H,17,18);1H. The molecule has 128 valence electrons. The van der Waals surface area contributed by atoms with Crippen LogP contribution in [0, 0.1) is 0 Å². The van der Waals surface area contributed by atoms with Gasteiger partial charge in [0.1, 0.15) is 10.5 Å². The lowest BCUT2D eigenvalue weighted by Crippen LogP contribution is -2.51. The summed E-state index contributed by atoms with van der Waals surface area (Å²) >= 11 is 6.18. The highest BCUT2D eigenvalue weighted by Gasteiger charge is 2.37. The Balaban J connectivity index is 0.00000192. The maximum absolute atomic E-state index is 13.1. The third kappa shape index (κ3) is 3.21. The van der Waals surface area contributed by atoms with Gasteiger partial charge in [0.25, 0.3) is 0 Å². The van der Waals surface area contributed by atoms with Gasteiger partial charge >= 0.3 is 0 Å². The van der Waals surface area contributed by atoms with E-state index in [1.807, 2.05) is 6.92 Å². The smallest absolute Gasteiger partial charge is 0.245 e. The number of rotatable bonds is 3. The van der Waals surface area contributed by atoms with Crippen molar-refractivity contribution in [3.8, 4) is 0 Å². The van der Waals surface area contributed by atoms with Crippen LogP contribution in [0.2, 0.25) is 5.02 Å². The van der Waals surface area contributed by atoms with E-state index in [0.29, 0.717) is 22.6 Å². The third-order valence-electron chi connectivity index (χ3n) is 4.18. The van der Waals surface area contributed by atoms with Crippen LogP contribution in [0.4, 0.5) is 0 Å². The van der Waals surface area contributed by atoms with Gasteiger partial charge in [0.15, 0.2) is 0 Å². The highest BCUT2D eigenvalue weighted by molar-refractivity contribution is 7.89. The molecule has 2 atom stereocenters. The average molecular weight is 379 g/mol. The number of aromatic nitrogens is 2. The fourth-order valence-corrected chi connectivity index (χ4v) is 5.32. The van der Waals surface area contributed by atoms with Crippen LogP contribution in [-0.4, -0.2) is 41.3 Å². The van der Waals surface area contributed by atoms with E-state index in [1.165, 1.54) is 10.5 Å². The number of nitrogens with two attached hydrogens (primary N) is 1. The van der Waals surface area contributed by atoms with Crippen LogP contribution < -0.4 is 5.73 Å². The van der Waals surface area contributed by atoms with Gasteiger partial charge in [-0.15, -0.1) is 12.4 Å². The van der Waals surface area contributed by atoms with Gasteiger partial charge in [0.2, 0.25) is 10.0 Å². The Morgan fingerprint density at radius 3 is 2.91 bits per heavy atom. The van der Waals surface area contributed by atoms with E-state index in [0.717, 1.165) is 19.3 Å². The van der Waals surface area contributed by atoms with Crippen molar-refractivity contribution in [3.05, 3.63) is 23.5 Å². The number of hydrogen-bond donors (Lipinski definition) is 2.